The van der Waals surface area contributed by atoms with Crippen molar-refractivity contribution >= 4 is 29.2 Å². The number of benzene rings is 2. The Morgan fingerprint density at radius 2 is 1.64 bits per heavy atom. The van der Waals surface area contributed by atoms with Crippen LogP contribution in [0, 0.1) is 0 Å². The zero-order chi connectivity index (χ0) is 27.8. The van der Waals surface area contributed by atoms with E-state index in [1.54, 1.807) is 50.1 Å². The van der Waals surface area contributed by atoms with Crippen molar-refractivity contribution in [1.82, 2.24) is 9.78 Å². The number of ether oxygens (including phenoxy) is 3. The normalized spacial score (nSPS) is 12.6. The molecule has 4 rings (SSSR count). The molecule has 10 heteroatoms. The fourth-order valence-electron chi connectivity index (χ4n) is 4.50. The van der Waals surface area contributed by atoms with Gasteiger partial charge in [-0.05, 0) is 81.6 Å². The van der Waals surface area contributed by atoms with Gasteiger partial charge in [-0.3, -0.25) is 9.59 Å². The van der Waals surface area contributed by atoms with Crippen LogP contribution in [0.25, 0.3) is 5.69 Å². The molecule has 0 spiro atoms. The Morgan fingerprint density at radius 3 is 2.31 bits per heavy atom. The number of anilines is 2. The van der Waals surface area contributed by atoms with Crippen molar-refractivity contribution in [2.24, 2.45) is 0 Å². The van der Waals surface area contributed by atoms with Gasteiger partial charge < -0.3 is 24.4 Å². The second-order valence-electron chi connectivity index (χ2n) is 8.95. The summed E-state index contributed by atoms with van der Waals surface area (Å²) in [5.41, 5.74) is 3.41. The van der Waals surface area contributed by atoms with Crippen LogP contribution in [0.3, 0.4) is 0 Å². The van der Waals surface area contributed by atoms with E-state index in [0.717, 1.165) is 30.8 Å². The van der Waals surface area contributed by atoms with Crippen molar-refractivity contribution < 1.29 is 28.6 Å². The molecule has 0 fully saturated rings. The smallest absolute Gasteiger partial charge is 0.359 e. The number of fused-ring (bicyclic) bond motifs is 1. The number of hydrogen-bond acceptors (Lipinski definition) is 8. The number of esters is 2. The average molecular weight is 535 g/mol. The maximum atomic E-state index is 13.8. The molecule has 10 nitrogen and oxygen atoms in total. The van der Waals surface area contributed by atoms with Gasteiger partial charge in [0.2, 0.25) is 0 Å². The first-order valence-corrected chi connectivity index (χ1v) is 13.2. The molecule has 206 valence electrons. The predicted octanol–water partition coefficient (Wildman–Crippen LogP) is 4.41. The molecule has 0 unspecified atom stereocenters. The van der Waals surface area contributed by atoms with Crippen LogP contribution in [0.15, 0.2) is 48.5 Å². The molecule has 0 saturated heterocycles. The molecule has 1 aliphatic heterocycles. The molecule has 1 aromatic heterocycles. The standard InChI is InChI=1S/C29H34N4O6/c1-4-38-25(34)8-6-7-18-30-20-9-11-21(12-10-20)32-19-17-24-26(29(36)39-5-2)31-33(27(24)28(32)35)22-13-15-23(37-3)16-14-22/h9-16,30H,4-8,17-19H2,1-3H3. The van der Waals surface area contributed by atoms with Crippen molar-refractivity contribution in [2.75, 3.05) is 43.6 Å². The molecule has 0 aliphatic carbocycles. The number of carbonyl (C=O) groups excluding carboxylic acids is 3. The van der Waals surface area contributed by atoms with E-state index < -0.39 is 5.97 Å². The summed E-state index contributed by atoms with van der Waals surface area (Å²) >= 11 is 0. The topological polar surface area (TPSA) is 112 Å². The molecule has 1 amide bonds. The van der Waals surface area contributed by atoms with Crippen molar-refractivity contribution in [1.29, 1.82) is 0 Å². The maximum Gasteiger partial charge on any atom is 0.359 e. The molecule has 3 aromatic rings. The van der Waals surface area contributed by atoms with E-state index in [-0.39, 0.29) is 24.2 Å². The van der Waals surface area contributed by atoms with Crippen LogP contribution in [0.1, 0.15) is 59.7 Å². The predicted molar refractivity (Wildman–Crippen MR) is 147 cm³/mol. The zero-order valence-electron chi connectivity index (χ0n) is 22.6. The van der Waals surface area contributed by atoms with Crippen LogP contribution >= 0.6 is 0 Å². The number of hydrogen-bond donors (Lipinski definition) is 1. The maximum absolute atomic E-state index is 13.8. The molecule has 2 aromatic carbocycles. The Bertz CT molecular complexity index is 1300. The third kappa shape index (κ3) is 6.39. The molecule has 1 aliphatic rings. The minimum atomic E-state index is -0.542. The summed E-state index contributed by atoms with van der Waals surface area (Å²) in [5.74, 6) is -0.278. The first-order valence-electron chi connectivity index (χ1n) is 13.2. The van der Waals surface area contributed by atoms with Crippen LogP contribution in [-0.4, -0.2) is 61.0 Å². The van der Waals surface area contributed by atoms with Gasteiger partial charge in [0.05, 0.1) is 26.0 Å². The Kier molecular flexibility index (Phi) is 9.19. The zero-order valence-corrected chi connectivity index (χ0v) is 22.6. The lowest BCUT2D eigenvalue weighted by atomic mass is 10.0. The van der Waals surface area contributed by atoms with Crippen LogP contribution in [0.5, 0.6) is 5.75 Å². The lowest BCUT2D eigenvalue weighted by Crippen LogP contribution is -2.39. The highest BCUT2D eigenvalue weighted by molar-refractivity contribution is 6.09. The highest BCUT2D eigenvalue weighted by Gasteiger charge is 2.35. The lowest BCUT2D eigenvalue weighted by molar-refractivity contribution is -0.143. The molecular weight excluding hydrogens is 500 g/mol. The van der Waals surface area contributed by atoms with Gasteiger partial charge in [0, 0.05) is 36.4 Å². The van der Waals surface area contributed by atoms with Gasteiger partial charge in [-0.1, -0.05) is 0 Å². The van der Waals surface area contributed by atoms with Gasteiger partial charge in [-0.15, -0.1) is 0 Å². The number of carbonyl (C=O) groups is 3. The lowest BCUT2D eigenvalue weighted by Gasteiger charge is -2.28. The quantitative estimate of drug-likeness (QED) is 0.269. The van der Waals surface area contributed by atoms with Crippen LogP contribution in [0.2, 0.25) is 0 Å². The van der Waals surface area contributed by atoms with E-state index in [1.165, 1.54) is 4.68 Å². The van der Waals surface area contributed by atoms with E-state index in [9.17, 15) is 14.4 Å². The number of methoxy groups -OCH3 is 1. The fraction of sp³-hybridized carbons (Fsp3) is 0.379. The first kappa shape index (κ1) is 27.7. The van der Waals surface area contributed by atoms with Gasteiger partial charge >= 0.3 is 11.9 Å². The summed E-state index contributed by atoms with van der Waals surface area (Å²) in [5, 5.41) is 7.86. The first-order chi connectivity index (χ1) is 19.0. The molecular formula is C29H34N4O6. The third-order valence-corrected chi connectivity index (χ3v) is 6.42. The summed E-state index contributed by atoms with van der Waals surface area (Å²) < 4.78 is 16.9. The second kappa shape index (κ2) is 12.9. The van der Waals surface area contributed by atoms with Gasteiger partial charge in [-0.25, -0.2) is 9.48 Å². The number of aromatic nitrogens is 2. The number of amides is 1. The Labute approximate surface area is 227 Å². The van der Waals surface area contributed by atoms with Crippen molar-refractivity contribution in [3.63, 3.8) is 0 Å². The molecule has 0 atom stereocenters. The van der Waals surface area contributed by atoms with Crippen LogP contribution < -0.4 is 15.0 Å². The summed E-state index contributed by atoms with van der Waals surface area (Å²) in [4.78, 5) is 39.6. The number of nitrogens with zero attached hydrogens (tertiary/aromatic N) is 3. The monoisotopic (exact) mass is 534 g/mol. The highest BCUT2D eigenvalue weighted by Crippen LogP contribution is 2.30. The van der Waals surface area contributed by atoms with E-state index in [0.29, 0.717) is 48.7 Å². The summed E-state index contributed by atoms with van der Waals surface area (Å²) in [7, 11) is 1.58. The number of rotatable bonds is 12. The highest BCUT2D eigenvalue weighted by atomic mass is 16.5. The van der Waals surface area contributed by atoms with Gasteiger partial charge in [-0.2, -0.15) is 5.10 Å². The van der Waals surface area contributed by atoms with E-state index in [2.05, 4.69) is 10.4 Å². The molecule has 0 bridgehead atoms. The minimum Gasteiger partial charge on any atom is -0.497 e. The number of unbranched alkanes of at least 4 members (excludes halogenated alkanes) is 1. The van der Waals surface area contributed by atoms with Crippen molar-refractivity contribution in [3.8, 4) is 11.4 Å². The molecule has 0 radical (unpaired) electrons. The van der Waals surface area contributed by atoms with E-state index in [4.69, 9.17) is 14.2 Å². The Balaban J connectivity index is 1.50. The van der Waals surface area contributed by atoms with Gasteiger partial charge in [0.1, 0.15) is 11.4 Å². The minimum absolute atomic E-state index is 0.165. The average Bonchev–Trinajstić information content (AvgIpc) is 3.35. The molecule has 39 heavy (non-hydrogen) atoms. The van der Waals surface area contributed by atoms with Gasteiger partial charge in [0.25, 0.3) is 5.91 Å². The van der Waals surface area contributed by atoms with E-state index in [1.807, 2.05) is 24.3 Å². The van der Waals surface area contributed by atoms with E-state index >= 15 is 0 Å². The van der Waals surface area contributed by atoms with Gasteiger partial charge in [0.15, 0.2) is 5.69 Å². The number of nitrogens with one attached hydrogen (secondary N) is 1. The van der Waals surface area contributed by atoms with Crippen LogP contribution in [-0.2, 0) is 20.7 Å². The Morgan fingerprint density at radius 1 is 0.949 bits per heavy atom. The summed E-state index contributed by atoms with van der Waals surface area (Å²) in [6.45, 7) is 5.29. The third-order valence-electron chi connectivity index (χ3n) is 6.42. The van der Waals surface area contributed by atoms with Crippen LogP contribution in [0.4, 0.5) is 11.4 Å². The Hall–Kier alpha value is -4.34. The fourth-order valence-corrected chi connectivity index (χ4v) is 4.50. The summed E-state index contributed by atoms with van der Waals surface area (Å²) in [6.07, 6.45) is 2.47. The van der Waals surface area contributed by atoms with Crippen molar-refractivity contribution in [2.45, 2.75) is 39.5 Å². The molecule has 2 heterocycles. The SMILES string of the molecule is CCOC(=O)CCCCNc1ccc(N2CCc3c(C(=O)OCC)nn(-c4ccc(OC)cc4)c3C2=O)cc1. The summed E-state index contributed by atoms with van der Waals surface area (Å²) in [6, 6.07) is 14.8. The molecule has 0 saturated carbocycles. The second-order valence-corrected chi connectivity index (χ2v) is 8.95. The van der Waals surface area contributed by atoms with Crippen molar-refractivity contribution in [3.05, 3.63) is 65.5 Å². The molecule has 1 N–H and O–H groups in total. The largest absolute Gasteiger partial charge is 0.497 e.